The second kappa shape index (κ2) is 5.81. The van der Waals surface area contributed by atoms with Gasteiger partial charge in [0.15, 0.2) is 0 Å². The van der Waals surface area contributed by atoms with Gasteiger partial charge in [-0.3, -0.25) is 0 Å². The first-order valence-corrected chi connectivity index (χ1v) is 8.58. The number of rotatable bonds is 3. The van der Waals surface area contributed by atoms with Gasteiger partial charge in [-0.1, -0.05) is 32.0 Å². The van der Waals surface area contributed by atoms with Crippen molar-refractivity contribution in [3.8, 4) is 0 Å². The molecule has 2 atom stereocenters. The summed E-state index contributed by atoms with van der Waals surface area (Å²) in [6.45, 7) is 5.49. The number of hydrogen-bond acceptors (Lipinski definition) is 2. The Labute approximate surface area is 120 Å². The van der Waals surface area contributed by atoms with Gasteiger partial charge >= 0.3 is 0 Å². The summed E-state index contributed by atoms with van der Waals surface area (Å²) in [5, 5.41) is 0. The highest BCUT2D eigenvalue weighted by Crippen LogP contribution is 2.29. The third-order valence-corrected chi connectivity index (χ3v) is 6.28. The third-order valence-electron chi connectivity index (χ3n) is 4.03. The molecule has 1 aromatic rings. The molecular formula is C14H20ClNO2S. The lowest BCUT2D eigenvalue weighted by molar-refractivity contribution is 0.212. The van der Waals surface area contributed by atoms with E-state index in [4.69, 9.17) is 11.6 Å². The second-order valence-electron chi connectivity index (χ2n) is 5.35. The predicted molar refractivity (Wildman–Crippen MR) is 77.7 cm³/mol. The molecule has 0 N–H and O–H groups in total. The Kier molecular flexibility index (Phi) is 4.54. The van der Waals surface area contributed by atoms with Gasteiger partial charge in [-0.2, -0.15) is 4.31 Å². The van der Waals surface area contributed by atoms with Crippen molar-refractivity contribution < 1.29 is 8.42 Å². The molecule has 0 aromatic heterocycles. The average molecular weight is 302 g/mol. The maximum atomic E-state index is 12.7. The lowest BCUT2D eigenvalue weighted by Gasteiger charge is -2.34. The van der Waals surface area contributed by atoms with Crippen LogP contribution in [0.3, 0.4) is 0 Å². The number of piperidine rings is 1. The quantitative estimate of drug-likeness (QED) is 0.805. The van der Waals surface area contributed by atoms with E-state index in [0.717, 1.165) is 6.42 Å². The van der Waals surface area contributed by atoms with Crippen LogP contribution in [0.5, 0.6) is 0 Å². The van der Waals surface area contributed by atoms with Crippen LogP contribution in [0, 0.1) is 11.8 Å². The second-order valence-corrected chi connectivity index (χ2v) is 7.52. The van der Waals surface area contributed by atoms with E-state index in [1.807, 2.05) is 6.07 Å². The molecule has 0 radical (unpaired) electrons. The van der Waals surface area contributed by atoms with Gasteiger partial charge in [0.25, 0.3) is 0 Å². The lowest BCUT2D eigenvalue weighted by Crippen LogP contribution is -2.42. The van der Waals surface area contributed by atoms with Gasteiger partial charge in [0.05, 0.1) is 4.90 Å². The summed E-state index contributed by atoms with van der Waals surface area (Å²) >= 11 is 5.85. The fraction of sp³-hybridized carbons (Fsp3) is 0.571. The molecule has 1 saturated heterocycles. The number of sulfonamides is 1. The van der Waals surface area contributed by atoms with Gasteiger partial charge in [0.2, 0.25) is 10.0 Å². The highest BCUT2D eigenvalue weighted by Gasteiger charge is 2.32. The molecule has 5 heteroatoms. The largest absolute Gasteiger partial charge is 0.243 e. The van der Waals surface area contributed by atoms with Crippen molar-refractivity contribution in [2.75, 3.05) is 13.1 Å². The van der Waals surface area contributed by atoms with Gasteiger partial charge in [0.1, 0.15) is 0 Å². The molecule has 0 amide bonds. The first-order valence-electron chi connectivity index (χ1n) is 6.61. The van der Waals surface area contributed by atoms with Gasteiger partial charge < -0.3 is 0 Å². The summed E-state index contributed by atoms with van der Waals surface area (Å²) in [6, 6.07) is 6.99. The number of halogens is 1. The van der Waals surface area contributed by atoms with Crippen molar-refractivity contribution in [2.45, 2.75) is 31.0 Å². The minimum atomic E-state index is -3.41. The molecule has 1 heterocycles. The summed E-state index contributed by atoms with van der Waals surface area (Å²) in [4.78, 5) is 0.353. The third kappa shape index (κ3) is 2.96. The summed E-state index contributed by atoms with van der Waals surface area (Å²) in [5.74, 6) is 1.19. The molecule has 2 rings (SSSR count). The Bertz CT molecular complexity index is 544. The van der Waals surface area contributed by atoms with Crippen LogP contribution in [0.1, 0.15) is 25.8 Å². The van der Waals surface area contributed by atoms with E-state index in [-0.39, 0.29) is 5.88 Å². The van der Waals surface area contributed by atoms with Gasteiger partial charge in [-0.25, -0.2) is 8.42 Å². The molecule has 2 unspecified atom stereocenters. The van der Waals surface area contributed by atoms with Gasteiger partial charge in [-0.15, -0.1) is 11.6 Å². The van der Waals surface area contributed by atoms with Crippen molar-refractivity contribution >= 4 is 21.6 Å². The fourth-order valence-electron chi connectivity index (χ4n) is 2.45. The maximum absolute atomic E-state index is 12.7. The molecule has 0 saturated carbocycles. The summed E-state index contributed by atoms with van der Waals surface area (Å²) in [6.07, 6.45) is 0.920. The van der Waals surface area contributed by atoms with Crippen LogP contribution in [0.25, 0.3) is 0 Å². The average Bonchev–Trinajstić information content (AvgIpc) is 2.41. The van der Waals surface area contributed by atoms with Crippen molar-refractivity contribution in [3.05, 3.63) is 29.8 Å². The van der Waals surface area contributed by atoms with Gasteiger partial charge in [0, 0.05) is 19.0 Å². The van der Waals surface area contributed by atoms with E-state index in [2.05, 4.69) is 13.8 Å². The van der Waals surface area contributed by atoms with Crippen LogP contribution in [0.4, 0.5) is 0 Å². The van der Waals surface area contributed by atoms with Crippen molar-refractivity contribution in [2.24, 2.45) is 11.8 Å². The molecule has 1 aromatic carbocycles. The predicted octanol–water partition coefficient (Wildman–Crippen LogP) is 3.09. The van der Waals surface area contributed by atoms with E-state index in [9.17, 15) is 8.42 Å². The summed E-state index contributed by atoms with van der Waals surface area (Å²) in [5.41, 5.74) is 0.676. The van der Waals surface area contributed by atoms with Crippen LogP contribution in [0.15, 0.2) is 29.2 Å². The monoisotopic (exact) mass is 301 g/mol. The molecule has 0 aliphatic carbocycles. The fourth-order valence-corrected chi connectivity index (χ4v) is 4.54. The molecule has 106 valence electrons. The number of benzene rings is 1. The Balaban J connectivity index is 2.32. The molecule has 0 spiro atoms. The zero-order valence-electron chi connectivity index (χ0n) is 11.3. The smallest absolute Gasteiger partial charge is 0.207 e. The zero-order valence-corrected chi connectivity index (χ0v) is 12.9. The van der Waals surface area contributed by atoms with Crippen molar-refractivity contribution in [1.29, 1.82) is 0 Å². The van der Waals surface area contributed by atoms with E-state index >= 15 is 0 Å². The molecule has 1 aliphatic heterocycles. The Hall–Kier alpha value is -0.580. The first kappa shape index (κ1) is 14.8. The van der Waals surface area contributed by atoms with E-state index in [1.165, 1.54) is 0 Å². The van der Waals surface area contributed by atoms with E-state index in [1.54, 1.807) is 22.5 Å². The van der Waals surface area contributed by atoms with Crippen LogP contribution >= 0.6 is 11.6 Å². The van der Waals surface area contributed by atoms with Crippen molar-refractivity contribution in [1.82, 2.24) is 4.31 Å². The number of alkyl halides is 1. The molecular weight excluding hydrogens is 282 g/mol. The van der Waals surface area contributed by atoms with Crippen molar-refractivity contribution in [3.63, 3.8) is 0 Å². The van der Waals surface area contributed by atoms with Crippen LogP contribution in [-0.4, -0.2) is 25.8 Å². The number of hydrogen-bond donors (Lipinski definition) is 0. The Morgan fingerprint density at radius 1 is 1.26 bits per heavy atom. The lowest BCUT2D eigenvalue weighted by atomic mass is 9.90. The minimum absolute atomic E-state index is 0.217. The minimum Gasteiger partial charge on any atom is -0.207 e. The first-order chi connectivity index (χ1) is 8.96. The van der Waals surface area contributed by atoms with E-state index < -0.39 is 10.0 Å². The highest BCUT2D eigenvalue weighted by molar-refractivity contribution is 7.89. The highest BCUT2D eigenvalue weighted by atomic mass is 35.5. The number of nitrogens with zero attached hydrogens (tertiary/aromatic N) is 1. The van der Waals surface area contributed by atoms with Crippen LogP contribution < -0.4 is 0 Å². The summed E-state index contributed by atoms with van der Waals surface area (Å²) in [7, 11) is -3.41. The topological polar surface area (TPSA) is 37.4 Å². The maximum Gasteiger partial charge on any atom is 0.243 e. The normalized spacial score (nSPS) is 25.4. The van der Waals surface area contributed by atoms with Crippen LogP contribution in [-0.2, 0) is 15.9 Å². The van der Waals surface area contributed by atoms with Crippen LogP contribution in [0.2, 0.25) is 0 Å². The molecule has 1 fully saturated rings. The zero-order chi connectivity index (χ0) is 14.0. The SMILES string of the molecule is CC1CCN(S(=O)(=O)c2ccccc2CCl)CC1C. The molecule has 1 aliphatic rings. The Morgan fingerprint density at radius 3 is 2.58 bits per heavy atom. The van der Waals surface area contributed by atoms with E-state index in [0.29, 0.717) is 35.4 Å². The molecule has 19 heavy (non-hydrogen) atoms. The molecule has 3 nitrogen and oxygen atoms in total. The van der Waals surface area contributed by atoms with Gasteiger partial charge in [-0.05, 0) is 29.9 Å². The molecule has 0 bridgehead atoms. The Morgan fingerprint density at radius 2 is 1.95 bits per heavy atom. The standard InChI is InChI=1S/C14H20ClNO2S/c1-11-7-8-16(10-12(11)2)19(17,18)14-6-4-3-5-13(14)9-15/h3-6,11-12H,7-10H2,1-2H3. The summed E-state index contributed by atoms with van der Waals surface area (Å²) < 4.78 is 27.0.